The van der Waals surface area contributed by atoms with Crippen LogP contribution in [0.3, 0.4) is 0 Å². The highest BCUT2D eigenvalue weighted by Crippen LogP contribution is 2.25. The summed E-state index contributed by atoms with van der Waals surface area (Å²) in [5.74, 6) is 2.54. The van der Waals surface area contributed by atoms with E-state index in [0.717, 1.165) is 95.2 Å². The fourth-order valence-electron chi connectivity index (χ4n) is 4.53. The summed E-state index contributed by atoms with van der Waals surface area (Å²) in [7, 11) is 1.97. The number of hydrogen-bond acceptors (Lipinski definition) is 6. The number of hydrogen-bond donors (Lipinski definition) is 2. The summed E-state index contributed by atoms with van der Waals surface area (Å²) < 4.78 is 5.78. The number of unbranched alkanes of at least 4 members (excludes halogenated alkanes) is 2. The third-order valence-corrected chi connectivity index (χ3v) is 7.12. The number of hydrazine groups is 1. The van der Waals surface area contributed by atoms with Crippen LogP contribution in [-0.4, -0.2) is 61.0 Å². The number of allylic oxidation sites excluding steroid dienone is 2. The molecule has 1 fully saturated rings. The van der Waals surface area contributed by atoms with E-state index in [1.165, 1.54) is 0 Å². The number of nitrogens with one attached hydrogen (secondary N) is 1. The predicted molar refractivity (Wildman–Crippen MR) is 160 cm³/mol. The summed E-state index contributed by atoms with van der Waals surface area (Å²) in [6.45, 7) is 9.39. The van der Waals surface area contributed by atoms with Gasteiger partial charge in [0.2, 0.25) is 0 Å². The maximum atomic E-state index is 12.1. The molecule has 0 radical (unpaired) electrons. The van der Waals surface area contributed by atoms with Crippen molar-refractivity contribution in [3.8, 4) is 5.75 Å². The van der Waals surface area contributed by atoms with Gasteiger partial charge in [0.15, 0.2) is 5.96 Å². The first kappa shape index (κ1) is 32.4. The van der Waals surface area contributed by atoms with Gasteiger partial charge in [0.05, 0.1) is 0 Å². The lowest BCUT2D eigenvalue weighted by Gasteiger charge is -2.27. The first-order valence-electron chi connectivity index (χ1n) is 14.7. The average Bonchev–Trinajstić information content (AvgIpc) is 3.42. The van der Waals surface area contributed by atoms with Crippen molar-refractivity contribution in [3.63, 3.8) is 0 Å². The topological polar surface area (TPSA) is 92.4 Å². The summed E-state index contributed by atoms with van der Waals surface area (Å²) in [6.07, 6.45) is 15.5. The number of benzene rings is 1. The Kier molecular flexibility index (Phi) is 15.3. The van der Waals surface area contributed by atoms with E-state index in [1.807, 2.05) is 54.4 Å². The molecule has 0 spiro atoms. The number of carbonyl (C=O) groups is 1. The molecular formula is C31H51N5O3. The van der Waals surface area contributed by atoms with Crippen molar-refractivity contribution in [2.24, 2.45) is 16.6 Å². The Labute approximate surface area is 236 Å². The van der Waals surface area contributed by atoms with Gasteiger partial charge in [-0.3, -0.25) is 0 Å². The first-order valence-corrected chi connectivity index (χ1v) is 14.7. The first-order chi connectivity index (χ1) is 18.9. The van der Waals surface area contributed by atoms with Crippen molar-refractivity contribution in [2.45, 2.75) is 84.1 Å². The molecule has 8 nitrogen and oxygen atoms in total. The zero-order valence-corrected chi connectivity index (χ0v) is 24.6. The lowest BCUT2D eigenvalue weighted by Crippen LogP contribution is -2.40. The van der Waals surface area contributed by atoms with E-state index in [4.69, 9.17) is 20.3 Å². The van der Waals surface area contributed by atoms with Crippen LogP contribution in [0.4, 0.5) is 0 Å². The number of nitrogens with zero attached hydrogens (tertiary/aromatic N) is 3. The number of nitrogens with two attached hydrogens (primary N) is 1. The Morgan fingerprint density at radius 1 is 1.21 bits per heavy atom. The van der Waals surface area contributed by atoms with E-state index in [-0.39, 0.29) is 0 Å². The number of aliphatic imine (C=N–C) groups is 1. The fourth-order valence-corrected chi connectivity index (χ4v) is 4.53. The van der Waals surface area contributed by atoms with E-state index in [9.17, 15) is 4.79 Å². The highest BCUT2D eigenvalue weighted by molar-refractivity contribution is 5.81. The van der Waals surface area contributed by atoms with Crippen LogP contribution >= 0.6 is 0 Å². The molecule has 39 heavy (non-hydrogen) atoms. The monoisotopic (exact) mass is 541 g/mol. The van der Waals surface area contributed by atoms with E-state index >= 15 is 0 Å². The van der Waals surface area contributed by atoms with Gasteiger partial charge in [0, 0.05) is 26.7 Å². The molecule has 3 N–H and O–H groups in total. The van der Waals surface area contributed by atoms with Gasteiger partial charge in [-0.05, 0) is 62.3 Å². The van der Waals surface area contributed by atoms with Crippen molar-refractivity contribution in [2.75, 3.05) is 33.3 Å². The van der Waals surface area contributed by atoms with Gasteiger partial charge in [-0.15, -0.1) is 0 Å². The standard InChI is InChI=1S/C31H51N5O3/c1-5-8-14-29(19-24-38-28-15-12-11-13-16-28)39-34-36-23-18-27(25-36)17-22-35(4)30(32)33-31(26-37,20-9-6-2)21-10-7-3/h8,11-16,19,26-27,34H,5-7,9-10,17-18,20-25H2,1-4H3,(H2,32,33)/b14-8-,29-19+. The Morgan fingerprint density at radius 3 is 2.56 bits per heavy atom. The van der Waals surface area contributed by atoms with E-state index < -0.39 is 5.54 Å². The van der Waals surface area contributed by atoms with Crippen molar-refractivity contribution in [1.29, 1.82) is 0 Å². The summed E-state index contributed by atoms with van der Waals surface area (Å²) in [5.41, 5.74) is 8.80. The second-order valence-electron chi connectivity index (χ2n) is 10.4. The molecule has 1 saturated heterocycles. The normalized spacial score (nSPS) is 17.1. The van der Waals surface area contributed by atoms with E-state index in [1.54, 1.807) is 0 Å². The second kappa shape index (κ2) is 18.4. The second-order valence-corrected chi connectivity index (χ2v) is 10.4. The Morgan fingerprint density at radius 2 is 1.92 bits per heavy atom. The van der Waals surface area contributed by atoms with Crippen molar-refractivity contribution >= 4 is 12.2 Å². The lowest BCUT2D eigenvalue weighted by molar-refractivity contribution is -0.112. The van der Waals surface area contributed by atoms with Crippen LogP contribution in [0.1, 0.15) is 78.6 Å². The van der Waals surface area contributed by atoms with E-state index in [2.05, 4.69) is 37.4 Å². The SMILES string of the molecule is CC/C=C\C(=C/COc1ccccc1)ONN1CCC(CCN(C)C(N)=NC(C=O)(CCCC)CCCC)C1. The van der Waals surface area contributed by atoms with E-state index in [0.29, 0.717) is 18.5 Å². The molecule has 8 heteroatoms. The zero-order chi connectivity index (χ0) is 28.3. The maximum absolute atomic E-state index is 12.1. The van der Waals surface area contributed by atoms with Crippen LogP contribution in [0, 0.1) is 5.92 Å². The van der Waals surface area contributed by atoms with Crippen molar-refractivity contribution in [1.82, 2.24) is 15.5 Å². The average molecular weight is 542 g/mol. The van der Waals surface area contributed by atoms with Crippen LogP contribution < -0.4 is 16.1 Å². The molecule has 1 unspecified atom stereocenters. The minimum Gasteiger partial charge on any atom is -0.489 e. The van der Waals surface area contributed by atoms with Crippen LogP contribution in [0.2, 0.25) is 0 Å². The fraction of sp³-hybridized carbons (Fsp3) is 0.613. The number of rotatable bonds is 19. The molecule has 1 aromatic rings. The molecule has 1 heterocycles. The molecule has 0 saturated carbocycles. The van der Waals surface area contributed by atoms with Gasteiger partial charge in [-0.25, -0.2) is 10.0 Å². The molecule has 1 aliphatic rings. The molecule has 218 valence electrons. The van der Waals surface area contributed by atoms with Crippen molar-refractivity contribution < 1.29 is 14.4 Å². The Bertz CT molecular complexity index is 895. The molecule has 0 bridgehead atoms. The van der Waals surface area contributed by atoms with Gasteiger partial charge in [0.1, 0.15) is 29.9 Å². The molecule has 1 aromatic carbocycles. The zero-order valence-electron chi connectivity index (χ0n) is 24.6. The Balaban J connectivity index is 1.83. The highest BCUT2D eigenvalue weighted by Gasteiger charge is 2.29. The summed E-state index contributed by atoms with van der Waals surface area (Å²) in [6, 6.07) is 9.76. The minimum absolute atomic E-state index is 0.426. The number of guanidine groups is 1. The van der Waals surface area contributed by atoms with Gasteiger partial charge >= 0.3 is 0 Å². The van der Waals surface area contributed by atoms with Crippen LogP contribution in [0.5, 0.6) is 5.75 Å². The largest absolute Gasteiger partial charge is 0.489 e. The van der Waals surface area contributed by atoms with Crippen LogP contribution in [-0.2, 0) is 9.63 Å². The summed E-state index contributed by atoms with van der Waals surface area (Å²) in [5, 5.41) is 2.11. The van der Waals surface area contributed by atoms with Crippen LogP contribution in [0.15, 0.2) is 59.3 Å². The molecule has 1 atom stereocenters. The summed E-state index contributed by atoms with van der Waals surface area (Å²) in [4.78, 5) is 24.7. The number of para-hydroxylation sites is 1. The smallest absolute Gasteiger partial charge is 0.191 e. The molecule has 0 aromatic heterocycles. The molecule has 2 rings (SSSR count). The van der Waals surface area contributed by atoms with Gasteiger partial charge in [-0.2, -0.15) is 0 Å². The summed E-state index contributed by atoms with van der Waals surface area (Å²) >= 11 is 0. The number of aldehydes is 1. The third kappa shape index (κ3) is 12.3. The maximum Gasteiger partial charge on any atom is 0.191 e. The predicted octanol–water partition coefficient (Wildman–Crippen LogP) is 5.63. The van der Waals surface area contributed by atoms with Gasteiger partial charge in [0.25, 0.3) is 0 Å². The number of ether oxygens (including phenoxy) is 1. The highest BCUT2D eigenvalue weighted by atomic mass is 16.7. The third-order valence-electron chi connectivity index (χ3n) is 7.12. The van der Waals surface area contributed by atoms with Gasteiger partial charge in [-0.1, -0.05) is 76.3 Å². The Hall–Kier alpha value is -2.84. The van der Waals surface area contributed by atoms with Crippen LogP contribution in [0.25, 0.3) is 0 Å². The molecule has 0 amide bonds. The lowest BCUT2D eigenvalue weighted by atomic mass is 9.89. The number of carbonyl (C=O) groups excluding carboxylic acids is 1. The van der Waals surface area contributed by atoms with Gasteiger partial charge < -0.3 is 25.0 Å². The minimum atomic E-state index is -0.695. The van der Waals surface area contributed by atoms with Crippen molar-refractivity contribution in [3.05, 3.63) is 54.3 Å². The quantitative estimate of drug-likeness (QED) is 0.0586. The molecule has 1 aliphatic heterocycles. The molecular weight excluding hydrogens is 490 g/mol. The molecule has 0 aliphatic carbocycles.